The highest BCUT2D eigenvalue weighted by Gasteiger charge is 2.22. The second kappa shape index (κ2) is 5.55. The molecule has 72 valence electrons. The first kappa shape index (κ1) is 11.9. The van der Waals surface area contributed by atoms with Gasteiger partial charge in [0.15, 0.2) is 0 Å². The second-order valence-corrected chi connectivity index (χ2v) is 3.60. The van der Waals surface area contributed by atoms with Gasteiger partial charge in [-0.2, -0.15) is 0 Å². The summed E-state index contributed by atoms with van der Waals surface area (Å²) in [6.07, 6.45) is 2.24. The van der Waals surface area contributed by atoms with Crippen molar-refractivity contribution in [3.8, 4) is 0 Å². The summed E-state index contributed by atoms with van der Waals surface area (Å²) < 4.78 is 0. The van der Waals surface area contributed by atoms with E-state index >= 15 is 0 Å². The molecule has 1 aliphatic rings. The molecule has 2 nitrogen and oxygen atoms in total. The van der Waals surface area contributed by atoms with Crippen molar-refractivity contribution in [3.63, 3.8) is 0 Å². The Morgan fingerprint density at radius 3 is 2.58 bits per heavy atom. The summed E-state index contributed by atoms with van der Waals surface area (Å²) in [5, 5.41) is 3.25. The van der Waals surface area contributed by atoms with Crippen LogP contribution >= 0.6 is 12.4 Å². The van der Waals surface area contributed by atoms with Gasteiger partial charge < -0.3 is 5.32 Å². The number of piperidine rings is 1. The van der Waals surface area contributed by atoms with Gasteiger partial charge in [-0.3, -0.25) is 4.79 Å². The van der Waals surface area contributed by atoms with Crippen LogP contribution in [0.25, 0.3) is 0 Å². The quantitative estimate of drug-likeness (QED) is 0.719. The minimum Gasteiger partial charge on any atom is -0.316 e. The minimum atomic E-state index is 0. The van der Waals surface area contributed by atoms with Crippen molar-refractivity contribution < 1.29 is 4.79 Å². The maximum Gasteiger partial charge on any atom is 0.139 e. The lowest BCUT2D eigenvalue weighted by atomic mass is 9.89. The highest BCUT2D eigenvalue weighted by molar-refractivity contribution is 5.85. The molecular weight excluding hydrogens is 174 g/mol. The van der Waals surface area contributed by atoms with Crippen LogP contribution in [0.4, 0.5) is 0 Å². The van der Waals surface area contributed by atoms with Crippen LogP contribution in [-0.2, 0) is 4.79 Å². The number of hydrogen-bond acceptors (Lipinski definition) is 2. The molecule has 1 atom stereocenters. The van der Waals surface area contributed by atoms with Gasteiger partial charge >= 0.3 is 0 Å². The zero-order valence-electron chi connectivity index (χ0n) is 7.80. The van der Waals surface area contributed by atoms with E-state index in [9.17, 15) is 4.79 Å². The summed E-state index contributed by atoms with van der Waals surface area (Å²) in [5.74, 6) is 0.931. The molecule has 0 aromatic carbocycles. The molecule has 0 saturated carbocycles. The van der Waals surface area contributed by atoms with Gasteiger partial charge in [-0.15, -0.1) is 12.4 Å². The number of nitrogens with one attached hydrogen (secondary N) is 1. The number of carbonyl (C=O) groups excluding carboxylic acids is 1. The molecule has 0 amide bonds. The van der Waals surface area contributed by atoms with E-state index in [0.29, 0.717) is 11.7 Å². The first-order chi connectivity index (χ1) is 5.22. The molecule has 0 aliphatic carbocycles. The Hall–Kier alpha value is -0.0800. The van der Waals surface area contributed by atoms with Crippen LogP contribution in [0.3, 0.4) is 0 Å². The summed E-state index contributed by atoms with van der Waals surface area (Å²) in [4.78, 5) is 11.5. The fourth-order valence-corrected chi connectivity index (χ4v) is 1.57. The number of ketones is 1. The average molecular weight is 192 g/mol. The lowest BCUT2D eigenvalue weighted by Crippen LogP contribution is -2.36. The maximum atomic E-state index is 11.5. The Balaban J connectivity index is 0.00000121. The van der Waals surface area contributed by atoms with Crippen LogP contribution in [-0.4, -0.2) is 18.9 Å². The summed E-state index contributed by atoms with van der Waals surface area (Å²) >= 11 is 0. The number of rotatable bonds is 2. The smallest absolute Gasteiger partial charge is 0.139 e. The van der Waals surface area contributed by atoms with Gasteiger partial charge in [-0.1, -0.05) is 13.8 Å². The van der Waals surface area contributed by atoms with Crippen molar-refractivity contribution in [2.24, 2.45) is 11.8 Å². The predicted molar refractivity (Wildman–Crippen MR) is 52.7 cm³/mol. The number of carbonyl (C=O) groups is 1. The first-order valence-electron chi connectivity index (χ1n) is 4.46. The lowest BCUT2D eigenvalue weighted by Gasteiger charge is -2.22. The van der Waals surface area contributed by atoms with Gasteiger partial charge in [0.05, 0.1) is 0 Å². The maximum absolute atomic E-state index is 11.5. The highest BCUT2D eigenvalue weighted by Crippen LogP contribution is 2.14. The first-order valence-corrected chi connectivity index (χ1v) is 4.46. The normalized spacial score (nSPS) is 23.4. The molecule has 1 aliphatic heterocycles. The van der Waals surface area contributed by atoms with Crippen molar-refractivity contribution >= 4 is 18.2 Å². The third kappa shape index (κ3) is 3.11. The molecule has 0 aromatic rings. The SMILES string of the molecule is CC(C)C(=O)[C@@H]1CCCNC1.Cl. The Labute approximate surface area is 80.5 Å². The van der Waals surface area contributed by atoms with Crippen LogP contribution in [0.15, 0.2) is 0 Å². The van der Waals surface area contributed by atoms with Crippen LogP contribution in [0, 0.1) is 11.8 Å². The van der Waals surface area contributed by atoms with Crippen LogP contribution in [0.5, 0.6) is 0 Å². The Morgan fingerprint density at radius 1 is 1.50 bits per heavy atom. The lowest BCUT2D eigenvalue weighted by molar-refractivity contribution is -0.126. The van der Waals surface area contributed by atoms with E-state index in [0.717, 1.165) is 25.9 Å². The molecule has 12 heavy (non-hydrogen) atoms. The molecule has 0 spiro atoms. The van der Waals surface area contributed by atoms with Gasteiger partial charge in [0.2, 0.25) is 0 Å². The number of halogens is 1. The fraction of sp³-hybridized carbons (Fsp3) is 0.889. The highest BCUT2D eigenvalue weighted by atomic mass is 35.5. The molecule has 1 rings (SSSR count). The second-order valence-electron chi connectivity index (χ2n) is 3.60. The third-order valence-electron chi connectivity index (χ3n) is 2.27. The Morgan fingerprint density at radius 2 is 2.17 bits per heavy atom. The van der Waals surface area contributed by atoms with E-state index < -0.39 is 0 Å². The fourth-order valence-electron chi connectivity index (χ4n) is 1.57. The number of hydrogen-bond donors (Lipinski definition) is 1. The molecule has 0 aromatic heterocycles. The zero-order chi connectivity index (χ0) is 8.27. The molecule has 1 heterocycles. The average Bonchev–Trinajstić information content (AvgIpc) is 2.05. The Bertz CT molecular complexity index is 141. The summed E-state index contributed by atoms with van der Waals surface area (Å²) in [6.45, 7) is 5.95. The molecule has 1 saturated heterocycles. The largest absolute Gasteiger partial charge is 0.316 e. The topological polar surface area (TPSA) is 29.1 Å². The number of Topliss-reactive ketones (excluding diaryl/α,β-unsaturated/α-hetero) is 1. The van der Waals surface area contributed by atoms with E-state index in [1.165, 1.54) is 0 Å². The van der Waals surface area contributed by atoms with Crippen molar-refractivity contribution in [2.75, 3.05) is 13.1 Å². The van der Waals surface area contributed by atoms with E-state index in [1.807, 2.05) is 13.8 Å². The van der Waals surface area contributed by atoms with Crippen molar-refractivity contribution in [1.82, 2.24) is 5.32 Å². The molecule has 1 N–H and O–H groups in total. The van der Waals surface area contributed by atoms with Gasteiger partial charge in [-0.05, 0) is 19.4 Å². The molecule has 0 radical (unpaired) electrons. The Kier molecular flexibility index (Phi) is 5.51. The molecule has 3 heteroatoms. The van der Waals surface area contributed by atoms with Crippen molar-refractivity contribution in [3.05, 3.63) is 0 Å². The van der Waals surface area contributed by atoms with Crippen molar-refractivity contribution in [1.29, 1.82) is 0 Å². The van der Waals surface area contributed by atoms with Crippen LogP contribution in [0.2, 0.25) is 0 Å². The van der Waals surface area contributed by atoms with E-state index in [2.05, 4.69) is 5.32 Å². The van der Waals surface area contributed by atoms with E-state index in [4.69, 9.17) is 0 Å². The summed E-state index contributed by atoms with van der Waals surface area (Å²) in [5.41, 5.74) is 0. The standard InChI is InChI=1S/C9H17NO.ClH/c1-7(2)9(11)8-4-3-5-10-6-8;/h7-8,10H,3-6H2,1-2H3;1H/t8-;/m1./s1. The summed E-state index contributed by atoms with van der Waals surface area (Å²) in [7, 11) is 0. The molecule has 0 bridgehead atoms. The molecule has 1 fully saturated rings. The van der Waals surface area contributed by atoms with Crippen LogP contribution in [0.1, 0.15) is 26.7 Å². The van der Waals surface area contributed by atoms with E-state index in [1.54, 1.807) is 0 Å². The molecule has 0 unspecified atom stereocenters. The predicted octanol–water partition coefficient (Wildman–Crippen LogP) is 1.63. The summed E-state index contributed by atoms with van der Waals surface area (Å²) in [6, 6.07) is 0. The van der Waals surface area contributed by atoms with Gasteiger partial charge in [0, 0.05) is 18.4 Å². The van der Waals surface area contributed by atoms with Gasteiger partial charge in [-0.25, -0.2) is 0 Å². The van der Waals surface area contributed by atoms with Crippen molar-refractivity contribution in [2.45, 2.75) is 26.7 Å². The van der Waals surface area contributed by atoms with Crippen LogP contribution < -0.4 is 5.32 Å². The zero-order valence-corrected chi connectivity index (χ0v) is 8.62. The monoisotopic (exact) mass is 191 g/mol. The van der Waals surface area contributed by atoms with E-state index in [-0.39, 0.29) is 18.3 Å². The minimum absolute atomic E-state index is 0. The third-order valence-corrected chi connectivity index (χ3v) is 2.27. The van der Waals surface area contributed by atoms with Gasteiger partial charge in [0.1, 0.15) is 5.78 Å². The molecular formula is C9H18ClNO. The van der Waals surface area contributed by atoms with Gasteiger partial charge in [0.25, 0.3) is 0 Å².